The summed E-state index contributed by atoms with van der Waals surface area (Å²) in [6, 6.07) is 6.62. The molecule has 0 spiro atoms. The van der Waals surface area contributed by atoms with E-state index in [0.29, 0.717) is 6.42 Å². The van der Waals surface area contributed by atoms with Crippen molar-refractivity contribution in [3.63, 3.8) is 0 Å². The molecule has 1 fully saturated rings. The molecule has 22 heavy (non-hydrogen) atoms. The first-order valence-electron chi connectivity index (χ1n) is 7.50. The molecule has 1 aromatic rings. The van der Waals surface area contributed by atoms with Crippen LogP contribution in [-0.2, 0) is 23.8 Å². The molecule has 5 nitrogen and oxygen atoms in total. The summed E-state index contributed by atoms with van der Waals surface area (Å²) in [5.74, 6) is -0.641. The molecule has 124 valence electrons. The average molecular weight is 328 g/mol. The zero-order valence-electron chi connectivity index (χ0n) is 13.5. The van der Waals surface area contributed by atoms with Crippen molar-refractivity contribution in [3.8, 4) is 0 Å². The van der Waals surface area contributed by atoms with Crippen LogP contribution < -0.4 is 0 Å². The number of rotatable bonds is 5. The van der Waals surface area contributed by atoms with Gasteiger partial charge in [0.2, 0.25) is 0 Å². The number of aryl methyl sites for hydroxylation is 1. The predicted octanol–water partition coefficient (Wildman–Crippen LogP) is 3.02. The molecule has 1 heterocycles. The third-order valence-corrected chi connectivity index (χ3v) is 4.84. The quantitative estimate of drug-likeness (QED) is 0.778. The molecule has 2 rings (SSSR count). The molecule has 1 aliphatic heterocycles. The molecular weight excluding hydrogens is 304 g/mol. The van der Waals surface area contributed by atoms with Crippen LogP contribution in [0.15, 0.2) is 29.2 Å². The number of hydrogen-bond donors (Lipinski definition) is 0. The van der Waals surface area contributed by atoms with Crippen LogP contribution in [0, 0.1) is 6.92 Å². The summed E-state index contributed by atoms with van der Waals surface area (Å²) in [5.41, 5.74) is 1.01. The van der Waals surface area contributed by atoms with Gasteiger partial charge in [-0.25, -0.2) is 0 Å². The van der Waals surface area contributed by atoms with E-state index < -0.39 is 15.9 Å². The Morgan fingerprint density at radius 3 is 2.45 bits per heavy atom. The largest absolute Gasteiger partial charge is 0.347 e. The van der Waals surface area contributed by atoms with Gasteiger partial charge in [0.25, 0.3) is 10.1 Å². The minimum Gasteiger partial charge on any atom is -0.347 e. The molecule has 6 heteroatoms. The van der Waals surface area contributed by atoms with Crippen LogP contribution in [0.5, 0.6) is 0 Å². The standard InChI is InChI=1S/C16H24O5S/c1-12-5-7-15(8-6-12)22(17,18)19-10-9-14-11-13(2)20-16(3,4)21-14/h5-8,13-14H,9-11H2,1-4H3/t13-,14+/m1/s1. The van der Waals surface area contributed by atoms with E-state index in [0.717, 1.165) is 12.0 Å². The van der Waals surface area contributed by atoms with E-state index in [1.54, 1.807) is 24.3 Å². The van der Waals surface area contributed by atoms with E-state index in [1.165, 1.54) is 0 Å². The van der Waals surface area contributed by atoms with E-state index in [-0.39, 0.29) is 23.7 Å². The molecule has 1 aromatic carbocycles. The normalized spacial score (nSPS) is 25.1. The van der Waals surface area contributed by atoms with Gasteiger partial charge in [0.15, 0.2) is 5.79 Å². The third kappa shape index (κ3) is 4.78. The van der Waals surface area contributed by atoms with Gasteiger partial charge < -0.3 is 9.47 Å². The molecule has 0 amide bonds. The Balaban J connectivity index is 1.89. The molecule has 1 aliphatic rings. The first kappa shape index (κ1) is 17.4. The first-order valence-corrected chi connectivity index (χ1v) is 8.90. The summed E-state index contributed by atoms with van der Waals surface area (Å²) >= 11 is 0. The Morgan fingerprint density at radius 2 is 1.86 bits per heavy atom. The maximum Gasteiger partial charge on any atom is 0.296 e. The number of hydrogen-bond acceptors (Lipinski definition) is 5. The Kier molecular flexibility index (Phi) is 5.27. The van der Waals surface area contributed by atoms with Crippen LogP contribution in [0.25, 0.3) is 0 Å². The Morgan fingerprint density at radius 1 is 1.23 bits per heavy atom. The van der Waals surface area contributed by atoms with Crippen LogP contribution in [0.2, 0.25) is 0 Å². The zero-order chi connectivity index (χ0) is 16.4. The van der Waals surface area contributed by atoms with Crippen LogP contribution in [0.4, 0.5) is 0 Å². The summed E-state index contributed by atoms with van der Waals surface area (Å²) in [6.45, 7) is 7.71. The fraction of sp³-hybridized carbons (Fsp3) is 0.625. The van der Waals surface area contributed by atoms with E-state index >= 15 is 0 Å². The molecule has 0 unspecified atom stereocenters. The maximum atomic E-state index is 12.1. The topological polar surface area (TPSA) is 61.8 Å². The van der Waals surface area contributed by atoms with Gasteiger partial charge in [0, 0.05) is 0 Å². The summed E-state index contributed by atoms with van der Waals surface area (Å²) in [6.07, 6.45) is 1.27. The highest BCUT2D eigenvalue weighted by atomic mass is 32.2. The van der Waals surface area contributed by atoms with Crippen molar-refractivity contribution in [3.05, 3.63) is 29.8 Å². The van der Waals surface area contributed by atoms with Gasteiger partial charge in [0.1, 0.15) is 0 Å². The van der Waals surface area contributed by atoms with Crippen molar-refractivity contribution >= 4 is 10.1 Å². The molecule has 0 N–H and O–H groups in total. The van der Waals surface area contributed by atoms with Gasteiger partial charge in [-0.3, -0.25) is 4.18 Å². The fourth-order valence-corrected chi connectivity index (χ4v) is 3.54. The third-order valence-electron chi connectivity index (χ3n) is 3.52. The smallest absolute Gasteiger partial charge is 0.296 e. The summed E-state index contributed by atoms with van der Waals surface area (Å²) in [5, 5.41) is 0. The summed E-state index contributed by atoms with van der Waals surface area (Å²) in [4.78, 5) is 0.180. The second-order valence-corrected chi connectivity index (χ2v) is 7.80. The maximum absolute atomic E-state index is 12.1. The molecule has 0 aromatic heterocycles. The number of ether oxygens (including phenoxy) is 2. The first-order chi connectivity index (χ1) is 10.2. The predicted molar refractivity (Wildman–Crippen MR) is 83.0 cm³/mol. The zero-order valence-corrected chi connectivity index (χ0v) is 14.4. The lowest BCUT2D eigenvalue weighted by Gasteiger charge is -2.39. The van der Waals surface area contributed by atoms with Crippen molar-refractivity contribution in [1.82, 2.24) is 0 Å². The van der Waals surface area contributed by atoms with Gasteiger partial charge in [-0.15, -0.1) is 0 Å². The monoisotopic (exact) mass is 328 g/mol. The number of benzene rings is 1. The molecule has 2 atom stereocenters. The highest BCUT2D eigenvalue weighted by Gasteiger charge is 2.33. The van der Waals surface area contributed by atoms with Gasteiger partial charge in [-0.2, -0.15) is 8.42 Å². The lowest BCUT2D eigenvalue weighted by Crippen LogP contribution is -2.43. The van der Waals surface area contributed by atoms with Crippen molar-refractivity contribution in [2.75, 3.05) is 6.61 Å². The molecule has 0 bridgehead atoms. The highest BCUT2D eigenvalue weighted by Crippen LogP contribution is 2.28. The minimum atomic E-state index is -3.71. The van der Waals surface area contributed by atoms with Gasteiger partial charge in [-0.05, 0) is 52.7 Å². The Labute approximate surface area is 132 Å². The van der Waals surface area contributed by atoms with Crippen molar-refractivity contribution < 1.29 is 22.1 Å². The van der Waals surface area contributed by atoms with Gasteiger partial charge in [-0.1, -0.05) is 17.7 Å². The average Bonchev–Trinajstić information content (AvgIpc) is 2.36. The molecule has 1 saturated heterocycles. The van der Waals surface area contributed by atoms with Crippen LogP contribution >= 0.6 is 0 Å². The van der Waals surface area contributed by atoms with E-state index in [2.05, 4.69) is 0 Å². The van der Waals surface area contributed by atoms with Crippen LogP contribution in [-0.4, -0.2) is 33.0 Å². The van der Waals surface area contributed by atoms with Crippen molar-refractivity contribution in [2.24, 2.45) is 0 Å². The molecular formula is C16H24O5S. The molecule has 0 radical (unpaired) electrons. The SMILES string of the molecule is Cc1ccc(S(=O)(=O)OCC[C@H]2C[C@@H](C)OC(C)(C)O2)cc1. The van der Waals surface area contributed by atoms with Crippen molar-refractivity contribution in [2.45, 2.75) is 63.4 Å². The lowest BCUT2D eigenvalue weighted by atomic mass is 10.1. The highest BCUT2D eigenvalue weighted by molar-refractivity contribution is 7.86. The summed E-state index contributed by atoms with van der Waals surface area (Å²) < 4.78 is 40.7. The summed E-state index contributed by atoms with van der Waals surface area (Å²) in [7, 11) is -3.71. The van der Waals surface area contributed by atoms with Gasteiger partial charge in [0.05, 0.1) is 23.7 Å². The Bertz CT molecular complexity index is 591. The van der Waals surface area contributed by atoms with Crippen LogP contribution in [0.3, 0.4) is 0 Å². The van der Waals surface area contributed by atoms with Crippen molar-refractivity contribution in [1.29, 1.82) is 0 Å². The lowest BCUT2D eigenvalue weighted by molar-refractivity contribution is -0.297. The fourth-order valence-electron chi connectivity index (χ4n) is 2.62. The van der Waals surface area contributed by atoms with Crippen LogP contribution in [0.1, 0.15) is 39.2 Å². The molecule has 0 aliphatic carbocycles. The second kappa shape index (κ2) is 6.66. The van der Waals surface area contributed by atoms with E-state index in [4.69, 9.17) is 13.7 Å². The van der Waals surface area contributed by atoms with E-state index in [9.17, 15) is 8.42 Å². The van der Waals surface area contributed by atoms with E-state index in [1.807, 2.05) is 27.7 Å². The molecule has 0 saturated carbocycles. The second-order valence-electron chi connectivity index (χ2n) is 6.18. The Hall–Kier alpha value is -0.950. The van der Waals surface area contributed by atoms with Gasteiger partial charge >= 0.3 is 0 Å². The minimum absolute atomic E-state index is 0.0630.